The molecule has 2 atom stereocenters. The molecule has 0 spiro atoms. The summed E-state index contributed by atoms with van der Waals surface area (Å²) in [5.74, 6) is 0.738. The summed E-state index contributed by atoms with van der Waals surface area (Å²) in [4.78, 5) is 0. The second kappa shape index (κ2) is 7.09. The van der Waals surface area contributed by atoms with E-state index in [0.29, 0.717) is 12.1 Å². The molecule has 3 nitrogen and oxygen atoms in total. The third-order valence-electron chi connectivity index (χ3n) is 4.55. The molecule has 1 aromatic rings. The maximum atomic E-state index is 6.15. The molecule has 3 heteroatoms. The van der Waals surface area contributed by atoms with Gasteiger partial charge in [-0.15, -0.1) is 0 Å². The lowest BCUT2D eigenvalue weighted by atomic mass is 9.93. The molecule has 0 radical (unpaired) electrons. The first-order valence-corrected chi connectivity index (χ1v) is 8.02. The van der Waals surface area contributed by atoms with E-state index in [2.05, 4.69) is 30.8 Å². The van der Waals surface area contributed by atoms with Gasteiger partial charge >= 0.3 is 0 Å². The Morgan fingerprint density at radius 1 is 1.32 bits per heavy atom. The first-order chi connectivity index (χ1) is 9.22. The summed E-state index contributed by atoms with van der Waals surface area (Å²) in [5.41, 5.74) is 7.41. The monoisotopic (exact) mass is 263 g/mol. The molecule has 1 aromatic heterocycles. The normalized spacial score (nSPS) is 24.6. The molecule has 1 aliphatic carbocycles. The maximum Gasteiger partial charge on any atom is 0.0627 e. The first kappa shape index (κ1) is 14.6. The van der Waals surface area contributed by atoms with E-state index in [1.54, 1.807) is 0 Å². The largest absolute Gasteiger partial charge is 0.328 e. The van der Waals surface area contributed by atoms with E-state index in [4.69, 9.17) is 10.8 Å². The zero-order chi connectivity index (χ0) is 13.7. The summed E-state index contributed by atoms with van der Waals surface area (Å²) in [6.07, 6.45) is 11.9. The van der Waals surface area contributed by atoms with Gasteiger partial charge in [0, 0.05) is 12.2 Å². The lowest BCUT2D eigenvalue weighted by Crippen LogP contribution is -2.22. The van der Waals surface area contributed by atoms with Gasteiger partial charge in [0.05, 0.1) is 11.7 Å². The molecule has 0 bridgehead atoms. The summed E-state index contributed by atoms with van der Waals surface area (Å²) < 4.78 is 2.16. The maximum absolute atomic E-state index is 6.15. The van der Waals surface area contributed by atoms with E-state index in [0.717, 1.165) is 25.2 Å². The molecule has 2 N–H and O–H groups in total. The minimum absolute atomic E-state index is 0.411. The molecule has 108 valence electrons. The minimum Gasteiger partial charge on any atom is -0.328 e. The second-order valence-corrected chi connectivity index (χ2v) is 6.11. The molecule has 2 rings (SSSR count). The van der Waals surface area contributed by atoms with Gasteiger partial charge in [-0.05, 0) is 44.1 Å². The van der Waals surface area contributed by atoms with Gasteiger partial charge in [-0.2, -0.15) is 5.10 Å². The Bertz CT molecular complexity index is 368. The van der Waals surface area contributed by atoms with E-state index in [1.165, 1.54) is 37.8 Å². The van der Waals surface area contributed by atoms with Crippen molar-refractivity contribution in [3.8, 4) is 0 Å². The van der Waals surface area contributed by atoms with Crippen LogP contribution in [-0.2, 0) is 6.42 Å². The van der Waals surface area contributed by atoms with Crippen LogP contribution in [0.4, 0.5) is 0 Å². The molecule has 1 fully saturated rings. The summed E-state index contributed by atoms with van der Waals surface area (Å²) in [6.45, 7) is 4.47. The van der Waals surface area contributed by atoms with Crippen LogP contribution in [0.3, 0.4) is 0 Å². The fourth-order valence-corrected chi connectivity index (χ4v) is 3.34. The van der Waals surface area contributed by atoms with Crippen molar-refractivity contribution < 1.29 is 0 Å². The molecule has 0 aliphatic heterocycles. The molecule has 0 amide bonds. The van der Waals surface area contributed by atoms with Crippen LogP contribution in [0, 0.1) is 5.92 Å². The summed E-state index contributed by atoms with van der Waals surface area (Å²) in [6, 6.07) is 3.17. The molecule has 19 heavy (non-hydrogen) atoms. The first-order valence-electron chi connectivity index (χ1n) is 8.02. The third kappa shape index (κ3) is 4.07. The average Bonchev–Trinajstić information content (AvgIpc) is 2.74. The zero-order valence-corrected chi connectivity index (χ0v) is 12.5. The Hall–Kier alpha value is -0.830. The van der Waals surface area contributed by atoms with Crippen LogP contribution in [0.1, 0.15) is 70.5 Å². The van der Waals surface area contributed by atoms with Crippen LogP contribution >= 0.6 is 0 Å². The molecule has 0 saturated heterocycles. The standard InChI is InChI=1S/C16H29N3/c1-3-16(4-2)19-10-9-15(18-19)12-13-7-5-6-8-14(17)11-13/h9-10,13-14,16H,3-8,11-12,17H2,1-2H3. The molecule has 2 unspecified atom stereocenters. The fourth-order valence-electron chi connectivity index (χ4n) is 3.34. The van der Waals surface area contributed by atoms with Crippen molar-refractivity contribution in [3.63, 3.8) is 0 Å². The SMILES string of the molecule is CCC(CC)n1ccc(CC2CCCCC(N)C2)n1. The van der Waals surface area contributed by atoms with Crippen LogP contribution < -0.4 is 5.73 Å². The lowest BCUT2D eigenvalue weighted by Gasteiger charge is -2.16. The third-order valence-corrected chi connectivity index (χ3v) is 4.55. The number of hydrogen-bond acceptors (Lipinski definition) is 2. The summed E-state index contributed by atoms with van der Waals surface area (Å²) in [5, 5.41) is 4.78. The quantitative estimate of drug-likeness (QED) is 0.823. The highest BCUT2D eigenvalue weighted by molar-refractivity contribution is 5.01. The zero-order valence-electron chi connectivity index (χ0n) is 12.5. The average molecular weight is 263 g/mol. The van der Waals surface area contributed by atoms with Gasteiger partial charge in [0.1, 0.15) is 0 Å². The number of rotatable bonds is 5. The number of hydrogen-bond donors (Lipinski definition) is 1. The Labute approximate surface area is 117 Å². The van der Waals surface area contributed by atoms with Crippen LogP contribution in [0.2, 0.25) is 0 Å². The smallest absolute Gasteiger partial charge is 0.0627 e. The van der Waals surface area contributed by atoms with E-state index in [-0.39, 0.29) is 0 Å². The number of aromatic nitrogens is 2. The second-order valence-electron chi connectivity index (χ2n) is 6.11. The van der Waals surface area contributed by atoms with Gasteiger partial charge in [0.2, 0.25) is 0 Å². The highest BCUT2D eigenvalue weighted by atomic mass is 15.3. The van der Waals surface area contributed by atoms with Crippen molar-refractivity contribution >= 4 is 0 Å². The van der Waals surface area contributed by atoms with Crippen molar-refractivity contribution in [2.24, 2.45) is 11.7 Å². The van der Waals surface area contributed by atoms with Crippen LogP contribution in [0.15, 0.2) is 12.3 Å². The Kier molecular flexibility index (Phi) is 5.44. The Morgan fingerprint density at radius 3 is 2.79 bits per heavy atom. The molecule has 1 heterocycles. The minimum atomic E-state index is 0.411. The molecule has 0 aromatic carbocycles. The Morgan fingerprint density at radius 2 is 2.05 bits per heavy atom. The van der Waals surface area contributed by atoms with Crippen LogP contribution in [0.5, 0.6) is 0 Å². The lowest BCUT2D eigenvalue weighted by molar-refractivity contribution is 0.406. The molecular formula is C16H29N3. The number of nitrogens with zero attached hydrogens (tertiary/aromatic N) is 2. The predicted octanol–water partition coefficient (Wildman–Crippen LogP) is 3.69. The van der Waals surface area contributed by atoms with Crippen molar-refractivity contribution in [1.82, 2.24) is 9.78 Å². The summed E-state index contributed by atoms with van der Waals surface area (Å²) >= 11 is 0. The highest BCUT2D eigenvalue weighted by Gasteiger charge is 2.19. The number of nitrogens with two attached hydrogens (primary N) is 1. The van der Waals surface area contributed by atoms with E-state index in [9.17, 15) is 0 Å². The molecular weight excluding hydrogens is 234 g/mol. The van der Waals surface area contributed by atoms with Crippen molar-refractivity contribution in [1.29, 1.82) is 0 Å². The van der Waals surface area contributed by atoms with E-state index < -0.39 is 0 Å². The van der Waals surface area contributed by atoms with Crippen LogP contribution in [-0.4, -0.2) is 15.8 Å². The van der Waals surface area contributed by atoms with Gasteiger partial charge in [-0.25, -0.2) is 0 Å². The molecule has 1 saturated carbocycles. The van der Waals surface area contributed by atoms with Gasteiger partial charge in [0.25, 0.3) is 0 Å². The van der Waals surface area contributed by atoms with E-state index in [1.807, 2.05) is 0 Å². The van der Waals surface area contributed by atoms with Gasteiger partial charge in [0.15, 0.2) is 0 Å². The Balaban J connectivity index is 1.95. The van der Waals surface area contributed by atoms with Gasteiger partial charge < -0.3 is 5.73 Å². The van der Waals surface area contributed by atoms with Crippen molar-refractivity contribution in [2.75, 3.05) is 0 Å². The van der Waals surface area contributed by atoms with Gasteiger partial charge in [-0.1, -0.05) is 33.1 Å². The molecule has 1 aliphatic rings. The highest BCUT2D eigenvalue weighted by Crippen LogP contribution is 2.25. The van der Waals surface area contributed by atoms with Crippen LogP contribution in [0.25, 0.3) is 0 Å². The fraction of sp³-hybridized carbons (Fsp3) is 0.812. The van der Waals surface area contributed by atoms with Crippen molar-refractivity contribution in [2.45, 2.75) is 77.3 Å². The summed E-state index contributed by atoms with van der Waals surface area (Å²) in [7, 11) is 0. The van der Waals surface area contributed by atoms with E-state index >= 15 is 0 Å². The topological polar surface area (TPSA) is 43.8 Å². The van der Waals surface area contributed by atoms with Crippen molar-refractivity contribution in [3.05, 3.63) is 18.0 Å². The predicted molar refractivity (Wildman–Crippen MR) is 80.1 cm³/mol. The van der Waals surface area contributed by atoms with Gasteiger partial charge in [-0.3, -0.25) is 4.68 Å².